The molecule has 0 spiro atoms. The smallest absolute Gasteiger partial charge is 0.220 e. The summed E-state index contributed by atoms with van der Waals surface area (Å²) < 4.78 is 0. The fourth-order valence-electron chi connectivity index (χ4n) is 5.06. The third-order valence-corrected chi connectivity index (χ3v) is 7.55. The summed E-state index contributed by atoms with van der Waals surface area (Å²) in [6, 6.07) is 0. The summed E-state index contributed by atoms with van der Waals surface area (Å²) in [4.78, 5) is 46.4. The molecule has 0 aliphatic carbocycles. The average molecular weight is 559 g/mol. The van der Waals surface area contributed by atoms with Gasteiger partial charge in [-0.3, -0.25) is 19.2 Å². The van der Waals surface area contributed by atoms with E-state index in [-0.39, 0.29) is 23.4 Å². The number of hydrogen-bond acceptors (Lipinski definition) is 4. The summed E-state index contributed by atoms with van der Waals surface area (Å²) in [7, 11) is 0. The van der Waals surface area contributed by atoms with Crippen LogP contribution < -0.4 is 10.6 Å². The molecule has 0 saturated carbocycles. The zero-order valence-corrected chi connectivity index (χ0v) is 25.5. The van der Waals surface area contributed by atoms with Crippen molar-refractivity contribution in [2.45, 2.75) is 155 Å². The van der Waals surface area contributed by atoms with Gasteiger partial charge in [0.25, 0.3) is 0 Å². The lowest BCUT2D eigenvalue weighted by Gasteiger charge is -2.05. The molecule has 6 heteroatoms. The molecule has 2 amide bonds. The molecule has 0 bridgehead atoms. The van der Waals surface area contributed by atoms with Gasteiger partial charge in [-0.05, 0) is 70.4 Å². The predicted molar refractivity (Wildman–Crippen MR) is 165 cm³/mol. The first-order chi connectivity index (χ1) is 19.5. The van der Waals surface area contributed by atoms with Crippen molar-refractivity contribution >= 4 is 23.4 Å². The van der Waals surface area contributed by atoms with Crippen LogP contribution in [0.3, 0.4) is 0 Å². The number of carbonyl (C=O) groups is 4. The van der Waals surface area contributed by atoms with Gasteiger partial charge in [-0.2, -0.15) is 0 Å². The van der Waals surface area contributed by atoms with Crippen LogP contribution >= 0.6 is 0 Å². The maximum Gasteiger partial charge on any atom is 0.220 e. The maximum atomic E-state index is 11.7. The van der Waals surface area contributed by atoms with Crippen molar-refractivity contribution in [2.75, 3.05) is 13.1 Å². The lowest BCUT2D eigenvalue weighted by molar-refractivity contribution is -0.122. The summed E-state index contributed by atoms with van der Waals surface area (Å²) in [6.45, 7) is 3.61. The molecular formula is C34H58N2O4. The number of rotatable bonds is 0. The van der Waals surface area contributed by atoms with Crippen LogP contribution in [0.15, 0.2) is 23.8 Å². The number of ketones is 2. The second kappa shape index (κ2) is 25.7. The molecule has 0 atom stereocenters. The Balaban J connectivity index is 0.000000400. The van der Waals surface area contributed by atoms with E-state index < -0.39 is 0 Å². The van der Waals surface area contributed by atoms with Crippen molar-refractivity contribution in [3.05, 3.63) is 23.8 Å². The molecule has 2 aliphatic heterocycles. The molecule has 228 valence electrons. The molecule has 0 radical (unpaired) electrons. The van der Waals surface area contributed by atoms with Gasteiger partial charge in [0.2, 0.25) is 11.8 Å². The average Bonchev–Trinajstić information content (AvgIpc) is 2.92. The first kappa shape index (κ1) is 35.8. The molecule has 0 fully saturated rings. The summed E-state index contributed by atoms with van der Waals surface area (Å²) in [5.41, 5.74) is 1.18. The van der Waals surface area contributed by atoms with E-state index in [0.717, 1.165) is 38.8 Å². The number of carbonyl (C=O) groups excluding carboxylic acids is 4. The van der Waals surface area contributed by atoms with Crippen LogP contribution in [0.2, 0.25) is 0 Å². The van der Waals surface area contributed by atoms with Gasteiger partial charge in [-0.15, -0.1) is 0 Å². The van der Waals surface area contributed by atoms with E-state index in [1.54, 1.807) is 12.2 Å². The first-order valence-corrected chi connectivity index (χ1v) is 16.4. The predicted octanol–water partition coefficient (Wildman–Crippen LogP) is 7.85. The quantitative estimate of drug-likeness (QED) is 0.317. The van der Waals surface area contributed by atoms with Crippen LogP contribution in [-0.2, 0) is 19.2 Å². The van der Waals surface area contributed by atoms with Gasteiger partial charge in [-0.1, -0.05) is 82.3 Å². The molecular weight excluding hydrogens is 500 g/mol. The van der Waals surface area contributed by atoms with Gasteiger partial charge in [0.1, 0.15) is 0 Å². The largest absolute Gasteiger partial charge is 0.356 e. The Labute approximate surface area is 244 Å². The number of amides is 2. The fourth-order valence-corrected chi connectivity index (χ4v) is 5.06. The van der Waals surface area contributed by atoms with E-state index in [1.807, 2.05) is 13.0 Å². The van der Waals surface area contributed by atoms with Crippen molar-refractivity contribution in [3.63, 3.8) is 0 Å². The minimum Gasteiger partial charge on any atom is -0.356 e. The van der Waals surface area contributed by atoms with E-state index in [2.05, 4.69) is 10.6 Å². The molecule has 0 aromatic rings. The van der Waals surface area contributed by atoms with Gasteiger partial charge in [0.15, 0.2) is 11.6 Å². The lowest BCUT2D eigenvalue weighted by atomic mass is 10.0. The Kier molecular flexibility index (Phi) is 23.0. The van der Waals surface area contributed by atoms with E-state index in [1.165, 1.54) is 89.0 Å². The minimum atomic E-state index is 0.0859. The molecule has 2 N–H and O–H groups in total. The Hall–Kier alpha value is -2.24. The Bertz CT molecular complexity index is 772. The number of allylic oxidation sites excluding steroid dienone is 4. The van der Waals surface area contributed by atoms with Crippen LogP contribution in [0.5, 0.6) is 0 Å². The minimum absolute atomic E-state index is 0.0859. The highest BCUT2D eigenvalue weighted by atomic mass is 16.2. The zero-order valence-electron chi connectivity index (χ0n) is 25.5. The monoisotopic (exact) mass is 558 g/mol. The highest BCUT2D eigenvalue weighted by Gasteiger charge is 2.05. The van der Waals surface area contributed by atoms with Gasteiger partial charge in [-0.25, -0.2) is 0 Å². The van der Waals surface area contributed by atoms with Crippen LogP contribution in [0.25, 0.3) is 0 Å². The maximum absolute atomic E-state index is 11.7. The molecule has 0 saturated heterocycles. The van der Waals surface area contributed by atoms with Gasteiger partial charge in [0.05, 0.1) is 0 Å². The second-order valence-electron chi connectivity index (χ2n) is 11.6. The summed E-state index contributed by atoms with van der Waals surface area (Å²) in [5.74, 6) is 0.490. The highest BCUT2D eigenvalue weighted by molar-refractivity contribution is 5.90. The van der Waals surface area contributed by atoms with Crippen molar-refractivity contribution in [1.29, 1.82) is 0 Å². The molecule has 0 aromatic carbocycles. The van der Waals surface area contributed by atoms with Crippen LogP contribution in [0.4, 0.5) is 0 Å². The summed E-state index contributed by atoms with van der Waals surface area (Å²) in [5, 5.41) is 5.87. The van der Waals surface area contributed by atoms with Crippen molar-refractivity contribution in [2.24, 2.45) is 0 Å². The van der Waals surface area contributed by atoms with Crippen LogP contribution in [-0.4, -0.2) is 36.5 Å². The normalized spacial score (nSPS) is 23.9. The third kappa shape index (κ3) is 23.6. The lowest BCUT2D eigenvalue weighted by Crippen LogP contribution is -2.24. The Morgan fingerprint density at radius 3 is 1.48 bits per heavy atom. The van der Waals surface area contributed by atoms with Crippen molar-refractivity contribution < 1.29 is 19.2 Å². The summed E-state index contributed by atoms with van der Waals surface area (Å²) in [6.07, 6.45) is 29.3. The van der Waals surface area contributed by atoms with E-state index in [0.29, 0.717) is 38.5 Å². The van der Waals surface area contributed by atoms with E-state index in [9.17, 15) is 19.2 Å². The Morgan fingerprint density at radius 1 is 0.475 bits per heavy atom. The second-order valence-corrected chi connectivity index (χ2v) is 11.6. The van der Waals surface area contributed by atoms with Crippen LogP contribution in [0, 0.1) is 0 Å². The first-order valence-electron chi connectivity index (χ1n) is 16.4. The number of nitrogens with one attached hydrogen (secondary N) is 2. The number of hydrogen-bond donors (Lipinski definition) is 2. The van der Waals surface area contributed by atoms with Crippen molar-refractivity contribution in [3.8, 4) is 0 Å². The standard InChI is InChI=1S/2C17H29NO2/c1-15-10-7-5-3-2-4-6-8-13-18-17(20)12-9-11-16(19)14-15;19-16-12-9-7-5-3-1-2-4-6-8-10-15-18-17(20)14-11-13-16/h14H,2-13H2,1H3,(H,18,20);9,12H,1-8,10-11,13-15H2,(H,18,20)/b15-14+;12-9+. The zero-order chi connectivity index (χ0) is 29.1. The molecule has 2 rings (SSSR count). The van der Waals surface area contributed by atoms with Gasteiger partial charge >= 0.3 is 0 Å². The molecule has 2 heterocycles. The van der Waals surface area contributed by atoms with Gasteiger partial charge < -0.3 is 10.6 Å². The topological polar surface area (TPSA) is 92.3 Å². The van der Waals surface area contributed by atoms with Crippen LogP contribution in [0.1, 0.15) is 155 Å². The van der Waals surface area contributed by atoms with Crippen molar-refractivity contribution in [1.82, 2.24) is 10.6 Å². The summed E-state index contributed by atoms with van der Waals surface area (Å²) >= 11 is 0. The highest BCUT2D eigenvalue weighted by Crippen LogP contribution is 2.13. The molecule has 2 aliphatic rings. The molecule has 6 nitrogen and oxygen atoms in total. The Morgan fingerprint density at radius 2 is 0.925 bits per heavy atom. The van der Waals surface area contributed by atoms with E-state index >= 15 is 0 Å². The third-order valence-electron chi connectivity index (χ3n) is 7.55. The fraction of sp³-hybridized carbons (Fsp3) is 0.765. The molecule has 0 unspecified atom stereocenters. The molecule has 0 aromatic heterocycles. The van der Waals surface area contributed by atoms with E-state index in [4.69, 9.17) is 0 Å². The molecule has 40 heavy (non-hydrogen) atoms. The SMILES string of the molecule is C/C1=C\C(=O)CCCC(=O)NCCCCCCCCC1.O=C1/C=C/CCCCCCCCCCNC(=O)CCC1. The van der Waals surface area contributed by atoms with Gasteiger partial charge in [0, 0.05) is 38.8 Å².